The summed E-state index contributed by atoms with van der Waals surface area (Å²) in [6.07, 6.45) is -13.4. The van der Waals surface area contributed by atoms with Crippen molar-refractivity contribution in [3.8, 4) is 0 Å². The topological polar surface area (TPSA) is 350 Å². The third kappa shape index (κ3) is 5.83. The van der Waals surface area contributed by atoms with Gasteiger partial charge in [0.1, 0.15) is 36.6 Å². The van der Waals surface area contributed by atoms with E-state index in [0.717, 1.165) is 9.13 Å². The number of H-pyrrole nitrogens is 2. The van der Waals surface area contributed by atoms with Crippen molar-refractivity contribution in [2.24, 2.45) is 0 Å². The molecule has 7 heterocycles. The van der Waals surface area contributed by atoms with Crippen molar-refractivity contribution in [1.82, 2.24) is 39.0 Å². The van der Waals surface area contributed by atoms with Gasteiger partial charge in [-0.2, -0.15) is 9.97 Å². The van der Waals surface area contributed by atoms with E-state index in [1.165, 1.54) is 0 Å². The average Bonchev–Trinajstić information content (AvgIpc) is 3.67. The zero-order chi connectivity index (χ0) is 34.4. The van der Waals surface area contributed by atoms with Crippen molar-refractivity contribution < 1.29 is 56.7 Å². The number of phosphoric ester groups is 2. The molecule has 0 bridgehead atoms. The predicted molar refractivity (Wildman–Crippen MR) is 162 cm³/mol. The van der Waals surface area contributed by atoms with Crippen LogP contribution in [0.15, 0.2) is 19.1 Å². The Labute approximate surface area is 280 Å². The van der Waals surface area contributed by atoms with Crippen LogP contribution in [-0.2, 0) is 36.7 Å². The van der Waals surface area contributed by atoms with Gasteiger partial charge < -0.3 is 40.9 Å². The highest BCUT2D eigenvalue weighted by molar-refractivity contribution is 9.10. The van der Waals surface area contributed by atoms with Crippen LogP contribution in [0.1, 0.15) is 12.5 Å². The van der Waals surface area contributed by atoms with E-state index in [1.807, 2.05) is 0 Å². The largest absolute Gasteiger partial charge is 0.472 e. The van der Waals surface area contributed by atoms with E-state index in [9.17, 15) is 38.7 Å². The second-order valence-corrected chi connectivity index (χ2v) is 14.8. The van der Waals surface area contributed by atoms with E-state index >= 15 is 0 Å². The zero-order valence-electron chi connectivity index (χ0n) is 23.4. The van der Waals surface area contributed by atoms with Gasteiger partial charge in [-0.15, -0.1) is 0 Å². The maximum absolute atomic E-state index is 13.2. The van der Waals surface area contributed by atoms with Gasteiger partial charge in [-0.3, -0.25) is 46.8 Å². The monoisotopic (exact) mass is 846 g/mol. The molecular formula is C20H22Br2N10O14P2. The molecule has 3 saturated heterocycles. The Morgan fingerprint density at radius 1 is 0.729 bits per heavy atom. The van der Waals surface area contributed by atoms with Crippen LogP contribution in [0.2, 0.25) is 0 Å². The number of aliphatic hydroxyl groups excluding tert-OH is 2. The van der Waals surface area contributed by atoms with Crippen molar-refractivity contribution in [3.05, 3.63) is 30.2 Å². The van der Waals surface area contributed by atoms with Crippen molar-refractivity contribution in [2.45, 2.75) is 49.1 Å². The van der Waals surface area contributed by atoms with Crippen LogP contribution < -0.4 is 22.6 Å². The number of aromatic amines is 2. The van der Waals surface area contributed by atoms with Crippen LogP contribution in [0.3, 0.4) is 0 Å². The summed E-state index contributed by atoms with van der Waals surface area (Å²) in [7, 11) is -10.3. The van der Waals surface area contributed by atoms with Gasteiger partial charge in [-0.25, -0.2) is 19.1 Å². The first kappa shape index (κ1) is 33.8. The summed E-state index contributed by atoms with van der Waals surface area (Å²) in [5, 5.41) is 22.5. The fourth-order valence-corrected chi connectivity index (χ4v) is 8.52. The predicted octanol–water partition coefficient (Wildman–Crippen LogP) is -1.52. The maximum Gasteiger partial charge on any atom is 0.472 e. The van der Waals surface area contributed by atoms with E-state index in [-0.39, 0.29) is 43.7 Å². The number of fused-ring (bicyclic) bond motifs is 4. The van der Waals surface area contributed by atoms with Gasteiger partial charge in [-0.1, -0.05) is 0 Å². The van der Waals surface area contributed by atoms with Gasteiger partial charge in [0.2, 0.25) is 11.9 Å². The molecule has 28 heteroatoms. The van der Waals surface area contributed by atoms with Gasteiger partial charge in [0.25, 0.3) is 11.1 Å². The number of hydrogen-bond donors (Lipinski definition) is 8. The molecule has 0 amide bonds. The average molecular weight is 848 g/mol. The first-order valence-electron chi connectivity index (χ1n) is 13.4. The normalized spacial score (nSPS) is 36.1. The molecule has 24 nitrogen and oxygen atoms in total. The fourth-order valence-electron chi connectivity index (χ4n) is 5.50. The highest BCUT2D eigenvalue weighted by Crippen LogP contribution is 2.54. The number of anilines is 2. The zero-order valence-corrected chi connectivity index (χ0v) is 28.4. The number of phosphoric acid groups is 2. The summed E-state index contributed by atoms with van der Waals surface area (Å²) in [5.41, 5.74) is 9.17. The number of imidazole rings is 2. The summed E-state index contributed by atoms with van der Waals surface area (Å²) in [5.74, 6) is -0.600. The molecule has 48 heavy (non-hydrogen) atoms. The number of rotatable bonds is 2. The summed E-state index contributed by atoms with van der Waals surface area (Å²) < 4.78 is 60.9. The van der Waals surface area contributed by atoms with E-state index < -0.39 is 89.1 Å². The number of hydrogen-bond acceptors (Lipinski definition) is 18. The second kappa shape index (κ2) is 12.0. The van der Waals surface area contributed by atoms with Gasteiger partial charge in [0, 0.05) is 0 Å². The van der Waals surface area contributed by atoms with Crippen LogP contribution >= 0.6 is 47.5 Å². The highest BCUT2D eigenvalue weighted by atomic mass is 79.9. The summed E-state index contributed by atoms with van der Waals surface area (Å²) in [6.45, 7) is -1.79. The molecule has 4 aromatic rings. The standard InChI is InChI=1S/C20H22Br2N10O14P2/c21-17-25-5-11(27-19(23)29-13(5)35)31(17)15-7(33)9-3(43-15)1-41-47(37,38)46-10-4(2-42-48(39,40)45-9)44-16(8(10)34)32-12-6(26-18(32)22)14(36)30-20(24)28-12/h3-4,7-10,15-16,33-34H,1-2H2,(H,37,38)(H,39,40)(H3,23,27,29,35)(H3,24,28,30,36)/t3-,4-,7-,8-,9-,10-,15-,16-/m1/s1. The smallest absolute Gasteiger partial charge is 0.386 e. The van der Waals surface area contributed by atoms with Crippen LogP contribution in [0.5, 0.6) is 0 Å². The molecular weight excluding hydrogens is 826 g/mol. The minimum Gasteiger partial charge on any atom is -0.386 e. The maximum atomic E-state index is 13.2. The number of nitrogens with zero attached hydrogens (tertiary/aromatic N) is 6. The minimum atomic E-state index is -5.14. The molecule has 0 saturated carbocycles. The van der Waals surface area contributed by atoms with E-state index in [4.69, 9.17) is 39.0 Å². The molecule has 3 fully saturated rings. The Bertz CT molecular complexity index is 2010. The number of aromatic nitrogens is 8. The number of nitrogen functional groups attached to an aromatic ring is 2. The Balaban J connectivity index is 1.20. The molecule has 10 N–H and O–H groups in total. The third-order valence-corrected chi connectivity index (χ3v) is 10.6. The molecule has 2 unspecified atom stereocenters. The molecule has 3 aliphatic rings. The number of aliphatic hydroxyl groups is 2. The van der Waals surface area contributed by atoms with E-state index in [2.05, 4.69) is 61.8 Å². The molecule has 0 spiro atoms. The molecule has 7 rings (SSSR count). The lowest BCUT2D eigenvalue weighted by atomic mass is 10.1. The Kier molecular flexibility index (Phi) is 8.44. The van der Waals surface area contributed by atoms with Gasteiger partial charge in [-0.05, 0) is 31.9 Å². The first-order chi connectivity index (χ1) is 22.5. The van der Waals surface area contributed by atoms with Crippen molar-refractivity contribution >= 4 is 81.7 Å². The van der Waals surface area contributed by atoms with Crippen molar-refractivity contribution in [3.63, 3.8) is 0 Å². The quantitative estimate of drug-likeness (QED) is 0.0838. The lowest BCUT2D eigenvalue weighted by molar-refractivity contribution is -0.0669. The number of halogens is 2. The van der Waals surface area contributed by atoms with E-state index in [1.54, 1.807) is 0 Å². The lowest BCUT2D eigenvalue weighted by Crippen LogP contribution is -2.39. The Morgan fingerprint density at radius 2 is 1.10 bits per heavy atom. The van der Waals surface area contributed by atoms with E-state index in [0.29, 0.717) is 0 Å². The summed E-state index contributed by atoms with van der Waals surface area (Å²) >= 11 is 6.29. The lowest BCUT2D eigenvalue weighted by Gasteiger charge is -2.27. The number of nitrogens with two attached hydrogens (primary N) is 2. The summed E-state index contributed by atoms with van der Waals surface area (Å²) in [6, 6.07) is 0. The molecule has 10 atom stereocenters. The minimum absolute atomic E-state index is 0.0729. The molecule has 260 valence electrons. The van der Waals surface area contributed by atoms with Crippen LogP contribution in [0, 0.1) is 0 Å². The Hall–Kier alpha value is -2.68. The second-order valence-electron chi connectivity index (χ2n) is 10.5. The van der Waals surface area contributed by atoms with Crippen LogP contribution in [0.25, 0.3) is 22.3 Å². The van der Waals surface area contributed by atoms with Gasteiger partial charge in [0.15, 0.2) is 44.3 Å². The highest BCUT2D eigenvalue weighted by Gasteiger charge is 2.54. The molecule has 4 aromatic heterocycles. The Morgan fingerprint density at radius 3 is 1.48 bits per heavy atom. The number of ether oxygens (including phenoxy) is 2. The van der Waals surface area contributed by atoms with Crippen molar-refractivity contribution in [1.29, 1.82) is 0 Å². The fraction of sp³-hybridized carbons (Fsp3) is 0.500. The van der Waals surface area contributed by atoms with Crippen LogP contribution in [0.4, 0.5) is 11.9 Å². The molecule has 0 radical (unpaired) electrons. The first-order valence-corrected chi connectivity index (χ1v) is 18.0. The molecule has 0 aromatic carbocycles. The van der Waals surface area contributed by atoms with Gasteiger partial charge in [0.05, 0.1) is 13.2 Å². The van der Waals surface area contributed by atoms with Crippen molar-refractivity contribution in [2.75, 3.05) is 24.7 Å². The summed E-state index contributed by atoms with van der Waals surface area (Å²) in [4.78, 5) is 66.7. The van der Waals surface area contributed by atoms with Gasteiger partial charge >= 0.3 is 15.6 Å². The molecule has 3 aliphatic heterocycles. The SMILES string of the molecule is Nc1nc2c(nc(Br)n2[C@@H]2O[C@@H]3COP(=O)(O)O[C@H]4[C@@H](O)[C@H](n5c(Br)nc6c(=O)[nH]c(N)nc65)O[C@@H]4COP(=O)(O)O[C@H]3[C@H]2O)c(=O)[nH]1. The number of nitrogens with one attached hydrogen (secondary N) is 2. The third-order valence-electron chi connectivity index (χ3n) is 7.49. The van der Waals surface area contributed by atoms with Crippen LogP contribution in [-0.4, -0.2) is 109 Å². The molecule has 0 aliphatic carbocycles.